The van der Waals surface area contributed by atoms with Gasteiger partial charge in [-0.25, -0.2) is 0 Å². The number of hydrogen-bond donors (Lipinski definition) is 5. The Kier molecular flexibility index (Phi) is 3.75. The fourth-order valence-electron chi connectivity index (χ4n) is 2.28. The zero-order valence-corrected chi connectivity index (χ0v) is 10.3. The Bertz CT molecular complexity index is 262. The highest BCUT2D eigenvalue weighted by molar-refractivity contribution is 7.80. The molecule has 0 bridgehead atoms. The van der Waals surface area contributed by atoms with Crippen LogP contribution in [0.4, 0.5) is 0 Å². The van der Waals surface area contributed by atoms with Gasteiger partial charge in [-0.3, -0.25) is 0 Å². The molecule has 1 aliphatic heterocycles. The topological polar surface area (TPSA) is 79.2 Å². The summed E-state index contributed by atoms with van der Waals surface area (Å²) in [5.41, 5.74) is -1.37. The van der Waals surface area contributed by atoms with E-state index in [-0.39, 0.29) is 5.75 Å². The van der Waals surface area contributed by atoms with Gasteiger partial charge in [0, 0.05) is 11.5 Å². The summed E-state index contributed by atoms with van der Waals surface area (Å²) in [4.78, 5) is 0. The molecule has 1 aliphatic carbocycles. The predicted molar refractivity (Wildman–Crippen MR) is 62.8 cm³/mol. The smallest absolute Gasteiger partial charge is 0.184 e. The monoisotopic (exact) mass is 268 g/mol. The maximum Gasteiger partial charge on any atom is 0.184 e. The van der Waals surface area contributed by atoms with Crippen molar-refractivity contribution in [1.29, 1.82) is 0 Å². The highest BCUT2D eigenvalue weighted by atomic mass is 32.1. The van der Waals surface area contributed by atoms with E-state index in [1.54, 1.807) is 0 Å². The van der Waals surface area contributed by atoms with Gasteiger partial charge in [-0.2, -0.15) is 25.3 Å². The summed E-state index contributed by atoms with van der Waals surface area (Å²) in [6, 6.07) is 0. The van der Waals surface area contributed by atoms with Crippen molar-refractivity contribution in [1.82, 2.24) is 0 Å². The van der Waals surface area contributed by atoms with Crippen molar-refractivity contribution < 1.29 is 24.8 Å². The highest BCUT2D eigenvalue weighted by Crippen LogP contribution is 2.54. The van der Waals surface area contributed by atoms with Crippen LogP contribution in [-0.2, 0) is 9.47 Å². The summed E-state index contributed by atoms with van der Waals surface area (Å²) in [6.45, 7) is 0.339. The number of aliphatic hydroxyl groups excluding tert-OH is 2. The average molecular weight is 268 g/mol. The second kappa shape index (κ2) is 4.64. The molecule has 2 fully saturated rings. The summed E-state index contributed by atoms with van der Waals surface area (Å²) < 4.78 is 10.6. The van der Waals surface area contributed by atoms with Crippen LogP contribution in [0.1, 0.15) is 0 Å². The van der Waals surface area contributed by atoms with Crippen LogP contribution in [0, 0.1) is 5.92 Å². The molecule has 0 amide bonds. The Hall–Kier alpha value is 0.500. The van der Waals surface area contributed by atoms with Gasteiger partial charge in [0.15, 0.2) is 6.29 Å². The first-order chi connectivity index (χ1) is 7.57. The van der Waals surface area contributed by atoms with Crippen molar-refractivity contribution in [3.05, 3.63) is 0 Å². The van der Waals surface area contributed by atoms with Gasteiger partial charge in [0.05, 0.1) is 18.6 Å². The van der Waals surface area contributed by atoms with Gasteiger partial charge in [-0.1, -0.05) is 0 Å². The molecule has 2 rings (SSSR count). The lowest BCUT2D eigenvalue weighted by Gasteiger charge is -2.35. The van der Waals surface area contributed by atoms with Crippen LogP contribution < -0.4 is 0 Å². The Morgan fingerprint density at radius 2 is 2.00 bits per heavy atom. The van der Waals surface area contributed by atoms with E-state index in [4.69, 9.17) is 9.47 Å². The van der Waals surface area contributed by atoms with Gasteiger partial charge in [-0.05, 0) is 0 Å². The molecule has 3 N–H and O–H groups in total. The van der Waals surface area contributed by atoms with Crippen LogP contribution in [0.25, 0.3) is 0 Å². The number of hydrogen-bond acceptors (Lipinski definition) is 7. The standard InChI is InChI=1S/C9H16O5S2/c10-6-5-7(11)9(5,12)4(3-16)14-8(6)13-1-2-15/h4-8,10-12,15-16H,1-3H2/t4?,5?,6?,7?,8-,9?/m0/s1. The third-order valence-electron chi connectivity index (χ3n) is 3.24. The fourth-order valence-corrected chi connectivity index (χ4v) is 2.77. The molecule has 6 atom stereocenters. The molecule has 0 aromatic rings. The second-order valence-electron chi connectivity index (χ2n) is 4.12. The minimum absolute atomic E-state index is 0.261. The summed E-state index contributed by atoms with van der Waals surface area (Å²) in [7, 11) is 0. The largest absolute Gasteiger partial charge is 0.389 e. The van der Waals surface area contributed by atoms with Crippen LogP contribution >= 0.6 is 25.3 Å². The van der Waals surface area contributed by atoms with Crippen LogP contribution in [0.2, 0.25) is 0 Å². The minimum Gasteiger partial charge on any atom is -0.389 e. The van der Waals surface area contributed by atoms with Crippen molar-refractivity contribution in [2.24, 2.45) is 5.92 Å². The molecule has 1 saturated heterocycles. The van der Waals surface area contributed by atoms with E-state index in [0.29, 0.717) is 12.4 Å². The van der Waals surface area contributed by atoms with E-state index in [1.165, 1.54) is 0 Å². The Morgan fingerprint density at radius 3 is 2.56 bits per heavy atom. The van der Waals surface area contributed by atoms with E-state index in [1.807, 2.05) is 0 Å². The number of thiol groups is 2. The molecule has 0 spiro atoms. The molecule has 2 aliphatic rings. The second-order valence-corrected chi connectivity index (χ2v) is 4.93. The molecule has 5 nitrogen and oxygen atoms in total. The van der Waals surface area contributed by atoms with Gasteiger partial charge in [-0.15, -0.1) is 0 Å². The van der Waals surface area contributed by atoms with Crippen LogP contribution in [0.15, 0.2) is 0 Å². The van der Waals surface area contributed by atoms with Gasteiger partial charge in [0.25, 0.3) is 0 Å². The molecule has 1 heterocycles. The minimum atomic E-state index is -1.37. The van der Waals surface area contributed by atoms with Gasteiger partial charge < -0.3 is 24.8 Å². The van der Waals surface area contributed by atoms with Crippen molar-refractivity contribution in [2.45, 2.75) is 30.2 Å². The lowest BCUT2D eigenvalue weighted by molar-refractivity contribution is -0.261. The Balaban J connectivity index is 2.05. The zero-order chi connectivity index (χ0) is 11.9. The first kappa shape index (κ1) is 12.9. The first-order valence-electron chi connectivity index (χ1n) is 5.14. The number of rotatable bonds is 4. The summed E-state index contributed by atoms with van der Waals surface area (Å²) >= 11 is 8.04. The Morgan fingerprint density at radius 1 is 1.31 bits per heavy atom. The van der Waals surface area contributed by atoms with E-state index in [0.717, 1.165) is 0 Å². The molecule has 1 saturated carbocycles. The fraction of sp³-hybridized carbons (Fsp3) is 1.00. The lowest BCUT2D eigenvalue weighted by atomic mass is 10.0. The van der Waals surface area contributed by atoms with Crippen LogP contribution in [0.3, 0.4) is 0 Å². The van der Waals surface area contributed by atoms with E-state index in [2.05, 4.69) is 25.3 Å². The molecule has 0 aromatic heterocycles. The number of ether oxygens (including phenoxy) is 2. The Labute approximate surface area is 105 Å². The SMILES string of the molecule is OC1C2C(O)C2(O)C(CS)O[C@@H]1OCCS. The molecule has 0 aromatic carbocycles. The number of aliphatic hydroxyl groups is 3. The van der Waals surface area contributed by atoms with Crippen molar-refractivity contribution in [3.8, 4) is 0 Å². The normalized spacial score (nSPS) is 51.2. The zero-order valence-electron chi connectivity index (χ0n) is 8.56. The molecular formula is C9H16O5S2. The molecule has 16 heavy (non-hydrogen) atoms. The summed E-state index contributed by atoms with van der Waals surface area (Å²) in [6.07, 6.45) is -3.43. The molecule has 5 unspecified atom stereocenters. The molecule has 94 valence electrons. The van der Waals surface area contributed by atoms with Crippen LogP contribution in [0.5, 0.6) is 0 Å². The van der Waals surface area contributed by atoms with Crippen molar-refractivity contribution in [2.75, 3.05) is 18.1 Å². The number of fused-ring (bicyclic) bond motifs is 1. The molecule has 7 heteroatoms. The highest BCUT2D eigenvalue weighted by Gasteiger charge is 2.74. The van der Waals surface area contributed by atoms with Crippen molar-refractivity contribution in [3.63, 3.8) is 0 Å². The first-order valence-corrected chi connectivity index (χ1v) is 6.41. The average Bonchev–Trinajstić information content (AvgIpc) is 2.82. The summed E-state index contributed by atoms with van der Waals surface area (Å²) in [5, 5.41) is 29.5. The van der Waals surface area contributed by atoms with E-state index < -0.39 is 36.1 Å². The van der Waals surface area contributed by atoms with E-state index in [9.17, 15) is 15.3 Å². The van der Waals surface area contributed by atoms with Gasteiger partial charge in [0.1, 0.15) is 17.8 Å². The van der Waals surface area contributed by atoms with Gasteiger partial charge >= 0.3 is 0 Å². The maximum absolute atomic E-state index is 10.0. The third-order valence-corrected chi connectivity index (χ3v) is 3.75. The van der Waals surface area contributed by atoms with Crippen LogP contribution in [-0.4, -0.2) is 63.6 Å². The van der Waals surface area contributed by atoms with E-state index >= 15 is 0 Å². The maximum atomic E-state index is 10.0. The van der Waals surface area contributed by atoms with Gasteiger partial charge in [0.2, 0.25) is 0 Å². The van der Waals surface area contributed by atoms with Crippen molar-refractivity contribution >= 4 is 25.3 Å². The molecule has 0 radical (unpaired) electrons. The summed E-state index contributed by atoms with van der Waals surface area (Å²) in [5.74, 6) is 0.163. The molecular weight excluding hydrogens is 252 g/mol. The predicted octanol–water partition coefficient (Wildman–Crippen LogP) is -1.33. The third kappa shape index (κ3) is 1.78. The quantitative estimate of drug-likeness (QED) is 0.408. The lowest BCUT2D eigenvalue weighted by Crippen LogP contribution is -2.51.